The lowest BCUT2D eigenvalue weighted by atomic mass is 10.1. The molecule has 0 unspecified atom stereocenters. The van der Waals surface area contributed by atoms with Crippen molar-refractivity contribution in [1.29, 1.82) is 0 Å². The minimum Gasteiger partial charge on any atom is -0.378 e. The summed E-state index contributed by atoms with van der Waals surface area (Å²) in [7, 11) is 0. The van der Waals surface area contributed by atoms with Crippen LogP contribution < -0.4 is 10.2 Å². The van der Waals surface area contributed by atoms with E-state index in [1.165, 1.54) is 0 Å². The van der Waals surface area contributed by atoms with Crippen LogP contribution in [-0.4, -0.2) is 66.2 Å². The molecule has 2 aromatic heterocycles. The van der Waals surface area contributed by atoms with Crippen molar-refractivity contribution < 1.29 is 9.53 Å². The summed E-state index contributed by atoms with van der Waals surface area (Å²) < 4.78 is 5.43. The predicted octanol–water partition coefficient (Wildman–Crippen LogP) is 5.18. The number of nitrogens with zero attached hydrogens (tertiary/aromatic N) is 4. The molecule has 1 amide bonds. The first-order valence-corrected chi connectivity index (χ1v) is 14.0. The highest BCUT2D eigenvalue weighted by Gasteiger charge is 2.15. The largest absolute Gasteiger partial charge is 0.378 e. The molecule has 0 saturated carbocycles. The van der Waals surface area contributed by atoms with Gasteiger partial charge < -0.3 is 15.0 Å². The Morgan fingerprint density at radius 2 is 1.97 bits per heavy atom. The Hall–Kier alpha value is -1.97. The number of nitrogens with one attached hydrogen (secondary N) is 1. The normalized spacial score (nSPS) is 14.2. The van der Waals surface area contributed by atoms with E-state index >= 15 is 0 Å². The quantitative estimate of drug-likeness (QED) is 0.332. The summed E-state index contributed by atoms with van der Waals surface area (Å²) in [5, 5.41) is 5.14. The fraction of sp³-hybridized carbons (Fsp3) is 0.500. The second-order valence-corrected chi connectivity index (χ2v) is 11.1. The molecule has 10 heteroatoms. The van der Waals surface area contributed by atoms with Crippen molar-refractivity contribution in [1.82, 2.24) is 20.2 Å². The molecule has 1 fully saturated rings. The first kappa shape index (κ1) is 27.1. The first-order chi connectivity index (χ1) is 17.4. The van der Waals surface area contributed by atoms with Crippen molar-refractivity contribution in [3.05, 3.63) is 50.9 Å². The van der Waals surface area contributed by atoms with Gasteiger partial charge in [0.2, 0.25) is 5.91 Å². The van der Waals surface area contributed by atoms with Crippen LogP contribution in [0.2, 0.25) is 10.0 Å². The topological polar surface area (TPSA) is 70.6 Å². The lowest BCUT2D eigenvalue weighted by Crippen LogP contribution is -2.36. The van der Waals surface area contributed by atoms with E-state index in [9.17, 15) is 4.79 Å². The maximum atomic E-state index is 12.4. The lowest BCUT2D eigenvalue weighted by Gasteiger charge is -2.27. The number of aryl methyl sites for hydroxylation is 1. The van der Waals surface area contributed by atoms with Crippen LogP contribution >= 0.6 is 34.5 Å². The molecule has 7 nitrogen and oxygen atoms in total. The molecule has 36 heavy (non-hydrogen) atoms. The highest BCUT2D eigenvalue weighted by atomic mass is 35.5. The molecule has 3 aromatic rings. The number of pyridine rings is 1. The van der Waals surface area contributed by atoms with Crippen molar-refractivity contribution in [2.75, 3.05) is 44.3 Å². The van der Waals surface area contributed by atoms with Crippen LogP contribution in [0.15, 0.2) is 30.3 Å². The zero-order chi connectivity index (χ0) is 25.5. The highest BCUT2D eigenvalue weighted by molar-refractivity contribution is 7.18. The fourth-order valence-corrected chi connectivity index (χ4v) is 5.39. The molecule has 0 aliphatic carbocycles. The predicted molar refractivity (Wildman–Crippen MR) is 148 cm³/mol. The summed E-state index contributed by atoms with van der Waals surface area (Å²) in [4.78, 5) is 27.4. The number of fused-ring (bicyclic) bond motifs is 1. The van der Waals surface area contributed by atoms with Gasteiger partial charge in [-0.15, -0.1) is 0 Å². The number of amides is 1. The van der Waals surface area contributed by atoms with E-state index in [4.69, 9.17) is 32.9 Å². The SMILES string of the molecule is CC(C)N(CCCNC(=O)CCc1nc2ccc(N3CCOCC3)nc2s1)Cc1ccc(Cl)c(Cl)c1. The average molecular weight is 551 g/mol. The van der Waals surface area contributed by atoms with Crippen LogP contribution in [0.1, 0.15) is 37.3 Å². The second-order valence-electron chi connectivity index (χ2n) is 9.22. The number of halogens is 2. The third kappa shape index (κ3) is 7.52. The number of hydrogen-bond donors (Lipinski definition) is 1. The Bertz CT molecular complexity index is 1170. The van der Waals surface area contributed by atoms with Gasteiger partial charge in [-0.25, -0.2) is 9.97 Å². The number of aromatic nitrogens is 2. The highest BCUT2D eigenvalue weighted by Crippen LogP contribution is 2.25. The Labute approximate surface area is 226 Å². The second kappa shape index (κ2) is 13.0. The molecule has 194 valence electrons. The van der Waals surface area contributed by atoms with Crippen molar-refractivity contribution in [2.45, 2.75) is 45.7 Å². The number of hydrogen-bond acceptors (Lipinski definition) is 7. The number of benzene rings is 1. The molecule has 1 aromatic carbocycles. The van der Waals surface area contributed by atoms with E-state index in [2.05, 4.69) is 33.9 Å². The van der Waals surface area contributed by atoms with E-state index in [-0.39, 0.29) is 5.91 Å². The van der Waals surface area contributed by atoms with Crippen molar-refractivity contribution >= 4 is 56.6 Å². The molecular formula is C26H33Cl2N5O2S. The monoisotopic (exact) mass is 549 g/mol. The summed E-state index contributed by atoms with van der Waals surface area (Å²) in [6.07, 6.45) is 1.92. The van der Waals surface area contributed by atoms with E-state index in [0.717, 1.165) is 72.5 Å². The van der Waals surface area contributed by atoms with Crippen molar-refractivity contribution in [3.8, 4) is 0 Å². The van der Waals surface area contributed by atoms with E-state index in [0.29, 0.717) is 35.5 Å². The molecule has 4 rings (SSSR count). The minimum absolute atomic E-state index is 0.0526. The zero-order valence-corrected chi connectivity index (χ0v) is 23.1. The Balaban J connectivity index is 1.20. The Morgan fingerprint density at radius 1 is 1.17 bits per heavy atom. The number of morpholine rings is 1. The lowest BCUT2D eigenvalue weighted by molar-refractivity contribution is -0.121. The Kier molecular flexibility index (Phi) is 9.79. The number of carbonyl (C=O) groups excluding carboxylic acids is 1. The summed E-state index contributed by atoms with van der Waals surface area (Å²) in [5.41, 5.74) is 2.02. The molecule has 0 atom stereocenters. The molecule has 0 radical (unpaired) electrons. The van der Waals surface area contributed by atoms with Crippen molar-refractivity contribution in [2.24, 2.45) is 0 Å². The van der Waals surface area contributed by atoms with Gasteiger partial charge in [0, 0.05) is 51.6 Å². The van der Waals surface area contributed by atoms with Gasteiger partial charge in [0.25, 0.3) is 0 Å². The standard InChI is InChI=1S/C26H33Cl2N5O2S/c1-18(2)33(17-19-4-5-20(27)21(28)16-19)11-3-10-29-24(34)8-9-25-30-22-6-7-23(31-26(22)36-25)32-12-14-35-15-13-32/h4-7,16,18H,3,8-15,17H2,1-2H3,(H,29,34). The van der Waals surface area contributed by atoms with E-state index < -0.39 is 0 Å². The molecule has 0 spiro atoms. The molecule has 0 bridgehead atoms. The van der Waals surface area contributed by atoms with Crippen LogP contribution in [0.3, 0.4) is 0 Å². The molecule has 3 heterocycles. The summed E-state index contributed by atoms with van der Waals surface area (Å²) in [5.74, 6) is 1.02. The molecule has 1 N–H and O–H groups in total. The molecule has 1 aliphatic rings. The van der Waals surface area contributed by atoms with E-state index in [1.807, 2.05) is 30.3 Å². The maximum Gasteiger partial charge on any atom is 0.220 e. The van der Waals surface area contributed by atoms with Crippen LogP contribution in [0.5, 0.6) is 0 Å². The van der Waals surface area contributed by atoms with Crippen LogP contribution in [0.4, 0.5) is 5.82 Å². The van der Waals surface area contributed by atoms with Gasteiger partial charge in [-0.05, 0) is 50.1 Å². The zero-order valence-electron chi connectivity index (χ0n) is 20.8. The number of rotatable bonds is 11. The van der Waals surface area contributed by atoms with Crippen LogP contribution in [0, 0.1) is 0 Å². The van der Waals surface area contributed by atoms with Crippen LogP contribution in [-0.2, 0) is 22.5 Å². The van der Waals surface area contributed by atoms with Gasteiger partial charge in [0.15, 0.2) is 0 Å². The summed E-state index contributed by atoms with van der Waals surface area (Å²) >= 11 is 13.8. The smallest absolute Gasteiger partial charge is 0.220 e. The van der Waals surface area contributed by atoms with Gasteiger partial charge in [-0.2, -0.15) is 0 Å². The Morgan fingerprint density at radius 3 is 2.72 bits per heavy atom. The van der Waals surface area contributed by atoms with Crippen molar-refractivity contribution in [3.63, 3.8) is 0 Å². The van der Waals surface area contributed by atoms with Gasteiger partial charge in [0.05, 0.1) is 28.3 Å². The molecule has 1 aliphatic heterocycles. The molecule has 1 saturated heterocycles. The van der Waals surface area contributed by atoms with Crippen LogP contribution in [0.25, 0.3) is 10.3 Å². The number of anilines is 1. The van der Waals surface area contributed by atoms with Gasteiger partial charge in [-0.3, -0.25) is 9.69 Å². The fourth-order valence-electron chi connectivity index (χ4n) is 4.14. The summed E-state index contributed by atoms with van der Waals surface area (Å²) in [6.45, 7) is 9.84. The maximum absolute atomic E-state index is 12.4. The summed E-state index contributed by atoms with van der Waals surface area (Å²) in [6, 6.07) is 10.2. The molecular weight excluding hydrogens is 517 g/mol. The number of carbonyl (C=O) groups is 1. The van der Waals surface area contributed by atoms with Gasteiger partial charge >= 0.3 is 0 Å². The first-order valence-electron chi connectivity index (χ1n) is 12.4. The van der Waals surface area contributed by atoms with Gasteiger partial charge in [0.1, 0.15) is 16.2 Å². The third-order valence-corrected chi connectivity index (χ3v) is 7.99. The van der Waals surface area contributed by atoms with E-state index in [1.54, 1.807) is 11.3 Å². The number of ether oxygens (including phenoxy) is 1. The number of thiazole rings is 1. The minimum atomic E-state index is 0.0526. The third-order valence-electron chi connectivity index (χ3n) is 6.23. The van der Waals surface area contributed by atoms with Gasteiger partial charge in [-0.1, -0.05) is 40.6 Å². The average Bonchev–Trinajstić information content (AvgIpc) is 3.29.